The van der Waals surface area contributed by atoms with Crippen molar-refractivity contribution < 1.29 is 18.3 Å². The first-order chi connectivity index (χ1) is 10.1. The zero-order valence-corrected chi connectivity index (χ0v) is 14.8. The summed E-state index contributed by atoms with van der Waals surface area (Å²) in [6.45, 7) is 8.33. The van der Waals surface area contributed by atoms with E-state index in [9.17, 15) is 13.5 Å². The van der Waals surface area contributed by atoms with Gasteiger partial charge in [-0.15, -0.1) is 0 Å². The van der Waals surface area contributed by atoms with Crippen LogP contribution in [-0.2, 0) is 15.3 Å². The number of aliphatic hydroxyl groups is 1. The minimum atomic E-state index is -3.20. The molecule has 0 saturated heterocycles. The SMILES string of the molecule is CCCCS(=O)(=O)CC(O)COc1ccc(C(C)(C)C)cc1. The van der Waals surface area contributed by atoms with Gasteiger partial charge < -0.3 is 9.84 Å². The molecule has 0 saturated carbocycles. The number of hydrogen-bond donors (Lipinski definition) is 1. The Hall–Kier alpha value is -1.07. The van der Waals surface area contributed by atoms with Crippen LogP contribution in [0.25, 0.3) is 0 Å². The summed E-state index contributed by atoms with van der Waals surface area (Å²) in [5.41, 5.74) is 1.27. The van der Waals surface area contributed by atoms with Gasteiger partial charge in [0, 0.05) is 0 Å². The Morgan fingerprint density at radius 3 is 2.27 bits per heavy atom. The van der Waals surface area contributed by atoms with E-state index in [1.165, 1.54) is 5.56 Å². The molecule has 0 aliphatic heterocycles. The van der Waals surface area contributed by atoms with Crippen molar-refractivity contribution >= 4 is 9.84 Å². The van der Waals surface area contributed by atoms with E-state index < -0.39 is 15.9 Å². The summed E-state index contributed by atoms with van der Waals surface area (Å²) in [6, 6.07) is 7.66. The van der Waals surface area contributed by atoms with Crippen LogP contribution in [0.5, 0.6) is 5.75 Å². The summed E-state index contributed by atoms with van der Waals surface area (Å²) < 4.78 is 29.0. The smallest absolute Gasteiger partial charge is 0.152 e. The van der Waals surface area contributed by atoms with E-state index in [1.54, 1.807) is 0 Å². The molecule has 126 valence electrons. The maximum atomic E-state index is 11.8. The average molecular weight is 328 g/mol. The molecule has 0 fully saturated rings. The summed E-state index contributed by atoms with van der Waals surface area (Å²) >= 11 is 0. The van der Waals surface area contributed by atoms with Gasteiger partial charge in [0.1, 0.15) is 18.5 Å². The number of ether oxygens (including phenoxy) is 1. The molecule has 0 aliphatic carbocycles. The monoisotopic (exact) mass is 328 g/mol. The van der Waals surface area contributed by atoms with Crippen molar-refractivity contribution in [3.63, 3.8) is 0 Å². The highest BCUT2D eigenvalue weighted by Gasteiger charge is 2.18. The molecule has 1 N–H and O–H groups in total. The predicted octanol–water partition coefficient (Wildman–Crippen LogP) is 2.94. The summed E-state index contributed by atoms with van der Waals surface area (Å²) in [5.74, 6) is 0.520. The molecule has 0 spiro atoms. The number of unbranched alkanes of at least 4 members (excludes halogenated alkanes) is 1. The third kappa shape index (κ3) is 6.79. The minimum Gasteiger partial charge on any atom is -0.491 e. The van der Waals surface area contributed by atoms with Gasteiger partial charge in [0.2, 0.25) is 0 Å². The quantitative estimate of drug-likeness (QED) is 0.797. The molecule has 1 unspecified atom stereocenters. The summed E-state index contributed by atoms with van der Waals surface area (Å²) in [7, 11) is -3.20. The maximum Gasteiger partial charge on any atom is 0.152 e. The summed E-state index contributed by atoms with van der Waals surface area (Å²) in [6.07, 6.45) is 0.458. The first-order valence-electron chi connectivity index (χ1n) is 7.76. The lowest BCUT2D eigenvalue weighted by Crippen LogP contribution is -2.28. The van der Waals surface area contributed by atoms with Crippen molar-refractivity contribution in [2.24, 2.45) is 0 Å². The molecular weight excluding hydrogens is 300 g/mol. The number of sulfone groups is 1. The lowest BCUT2D eigenvalue weighted by molar-refractivity contribution is 0.125. The second kappa shape index (κ2) is 7.97. The van der Waals surface area contributed by atoms with Gasteiger partial charge in [-0.05, 0) is 29.5 Å². The molecule has 22 heavy (non-hydrogen) atoms. The molecule has 0 aromatic heterocycles. The van der Waals surface area contributed by atoms with Gasteiger partial charge in [0.15, 0.2) is 9.84 Å². The minimum absolute atomic E-state index is 0.0137. The lowest BCUT2D eigenvalue weighted by atomic mass is 9.87. The Labute approximate surface area is 134 Å². The number of rotatable bonds is 8. The molecule has 1 atom stereocenters. The molecule has 1 aromatic rings. The molecule has 4 nitrogen and oxygen atoms in total. The Bertz CT molecular complexity index is 541. The standard InChI is InChI=1S/C17H28O4S/c1-5-6-11-22(19,20)13-15(18)12-21-16-9-7-14(8-10-16)17(2,3)4/h7-10,15,18H,5-6,11-13H2,1-4H3. The van der Waals surface area contributed by atoms with Gasteiger partial charge >= 0.3 is 0 Å². The fraction of sp³-hybridized carbons (Fsp3) is 0.647. The van der Waals surface area contributed by atoms with Crippen LogP contribution < -0.4 is 4.74 Å². The fourth-order valence-corrected chi connectivity index (χ4v) is 3.61. The summed E-state index contributed by atoms with van der Waals surface area (Å²) in [4.78, 5) is 0. The van der Waals surface area contributed by atoms with Crippen LogP contribution in [0, 0.1) is 0 Å². The first kappa shape index (κ1) is 19.0. The van der Waals surface area contributed by atoms with Crippen molar-refractivity contribution in [3.05, 3.63) is 29.8 Å². The van der Waals surface area contributed by atoms with Crippen LogP contribution in [0.4, 0.5) is 0 Å². The molecule has 0 bridgehead atoms. The van der Waals surface area contributed by atoms with Crippen LogP contribution in [0.1, 0.15) is 46.1 Å². The Morgan fingerprint density at radius 2 is 1.77 bits per heavy atom. The second-order valence-corrected chi connectivity index (χ2v) is 8.94. The summed E-state index contributed by atoms with van der Waals surface area (Å²) in [5, 5.41) is 9.83. The topological polar surface area (TPSA) is 63.6 Å². The van der Waals surface area contributed by atoms with Crippen LogP contribution >= 0.6 is 0 Å². The van der Waals surface area contributed by atoms with Crippen molar-refractivity contribution in [1.82, 2.24) is 0 Å². The molecule has 1 rings (SSSR count). The third-order valence-corrected chi connectivity index (χ3v) is 5.22. The zero-order chi connectivity index (χ0) is 16.8. The molecular formula is C17H28O4S. The number of hydrogen-bond acceptors (Lipinski definition) is 4. The van der Waals surface area contributed by atoms with Crippen molar-refractivity contribution in [1.29, 1.82) is 0 Å². The molecule has 5 heteroatoms. The molecule has 0 amide bonds. The normalized spacial score (nSPS) is 13.9. The predicted molar refractivity (Wildman–Crippen MR) is 90.2 cm³/mol. The van der Waals surface area contributed by atoms with E-state index in [0.29, 0.717) is 12.2 Å². The second-order valence-electron chi connectivity index (χ2n) is 6.71. The molecule has 1 aromatic carbocycles. The van der Waals surface area contributed by atoms with E-state index in [2.05, 4.69) is 20.8 Å². The zero-order valence-electron chi connectivity index (χ0n) is 14.0. The molecule has 0 aliphatic rings. The van der Waals surface area contributed by atoms with Crippen molar-refractivity contribution in [2.45, 2.75) is 52.1 Å². The number of benzene rings is 1. The molecule has 0 radical (unpaired) electrons. The van der Waals surface area contributed by atoms with E-state index in [1.807, 2.05) is 31.2 Å². The van der Waals surface area contributed by atoms with Gasteiger partial charge in [0.25, 0.3) is 0 Å². The Morgan fingerprint density at radius 1 is 1.18 bits per heavy atom. The average Bonchev–Trinajstić information content (AvgIpc) is 2.42. The first-order valence-corrected chi connectivity index (χ1v) is 9.58. The fourth-order valence-electron chi connectivity index (χ4n) is 2.03. The van der Waals surface area contributed by atoms with Crippen LogP contribution in [0.3, 0.4) is 0 Å². The maximum absolute atomic E-state index is 11.8. The van der Waals surface area contributed by atoms with Crippen molar-refractivity contribution in [3.8, 4) is 5.75 Å². The lowest BCUT2D eigenvalue weighted by Gasteiger charge is -2.19. The Kier molecular flexibility index (Phi) is 6.88. The third-order valence-electron chi connectivity index (χ3n) is 3.42. The van der Waals surface area contributed by atoms with Crippen molar-refractivity contribution in [2.75, 3.05) is 18.1 Å². The number of aliphatic hydroxyl groups excluding tert-OH is 1. The van der Waals surface area contributed by atoms with Crippen LogP contribution in [-0.4, -0.2) is 37.7 Å². The highest BCUT2D eigenvalue weighted by Crippen LogP contribution is 2.24. The van der Waals surface area contributed by atoms with Gasteiger partial charge in [-0.25, -0.2) is 8.42 Å². The van der Waals surface area contributed by atoms with E-state index in [4.69, 9.17) is 4.74 Å². The van der Waals surface area contributed by atoms with E-state index in [-0.39, 0.29) is 23.5 Å². The van der Waals surface area contributed by atoms with Gasteiger partial charge in [-0.2, -0.15) is 0 Å². The largest absolute Gasteiger partial charge is 0.491 e. The highest BCUT2D eigenvalue weighted by atomic mass is 32.2. The van der Waals surface area contributed by atoms with Crippen LogP contribution in [0.15, 0.2) is 24.3 Å². The molecule has 0 heterocycles. The van der Waals surface area contributed by atoms with Crippen LogP contribution in [0.2, 0.25) is 0 Å². The van der Waals surface area contributed by atoms with Gasteiger partial charge in [-0.1, -0.05) is 46.2 Å². The van der Waals surface area contributed by atoms with E-state index >= 15 is 0 Å². The highest BCUT2D eigenvalue weighted by molar-refractivity contribution is 7.91. The Balaban J connectivity index is 2.49. The van der Waals surface area contributed by atoms with Gasteiger partial charge in [-0.3, -0.25) is 0 Å². The van der Waals surface area contributed by atoms with Gasteiger partial charge in [0.05, 0.1) is 11.5 Å². The van der Waals surface area contributed by atoms with E-state index in [0.717, 1.165) is 6.42 Å².